The summed E-state index contributed by atoms with van der Waals surface area (Å²) in [6.07, 6.45) is 0.805. The summed E-state index contributed by atoms with van der Waals surface area (Å²) in [6, 6.07) is 14.5. The van der Waals surface area contributed by atoms with Gasteiger partial charge < -0.3 is 22.0 Å². The monoisotopic (exact) mass is 368 g/mol. The van der Waals surface area contributed by atoms with E-state index in [1.807, 2.05) is 24.3 Å². The van der Waals surface area contributed by atoms with Crippen LogP contribution in [0.1, 0.15) is 16.7 Å². The van der Waals surface area contributed by atoms with Crippen molar-refractivity contribution < 1.29 is 20.1 Å². The summed E-state index contributed by atoms with van der Waals surface area (Å²) in [5, 5.41) is 2.91. The van der Waals surface area contributed by atoms with Gasteiger partial charge in [-0.3, -0.25) is 4.79 Å². The number of amides is 1. The molecule has 7 heteroatoms. The maximum Gasteiger partial charge on any atom is 0.230 e. The fraction of sp³-hybridized carbons (Fsp3) is 0.278. The number of nitrogens with two attached hydrogens (primary N) is 1. The van der Waals surface area contributed by atoms with Crippen molar-refractivity contribution in [1.29, 1.82) is 0 Å². The van der Waals surface area contributed by atoms with Gasteiger partial charge in [0.15, 0.2) is 0 Å². The molecule has 25 heavy (non-hydrogen) atoms. The molecule has 0 bridgehead atoms. The van der Waals surface area contributed by atoms with Gasteiger partial charge in [0, 0.05) is 18.8 Å². The molecule has 0 saturated carbocycles. The van der Waals surface area contributed by atoms with Crippen LogP contribution in [0.5, 0.6) is 0 Å². The topological polar surface area (TPSA) is 118 Å². The molecule has 138 valence electrons. The summed E-state index contributed by atoms with van der Waals surface area (Å²) < 4.78 is 12.8. The van der Waals surface area contributed by atoms with Gasteiger partial charge in [-0.15, -0.1) is 11.8 Å². The molecule has 5 nitrogen and oxygen atoms in total. The van der Waals surface area contributed by atoms with Crippen molar-refractivity contribution in [1.82, 2.24) is 5.32 Å². The summed E-state index contributed by atoms with van der Waals surface area (Å²) in [4.78, 5) is 11.8. The second kappa shape index (κ2) is 12.4. The number of hydrogen-bond donors (Lipinski definition) is 2. The molecule has 0 heterocycles. The first kappa shape index (κ1) is 23.1. The lowest BCUT2D eigenvalue weighted by molar-refractivity contribution is -0.118. The molecular weight excluding hydrogens is 343 g/mol. The van der Waals surface area contributed by atoms with Gasteiger partial charge in [0.2, 0.25) is 5.91 Å². The molecular formula is C18H25FN2O3S. The Bertz CT molecular complexity index is 621. The maximum atomic E-state index is 12.8. The van der Waals surface area contributed by atoms with Crippen LogP contribution < -0.4 is 11.1 Å². The standard InChI is InChI=1S/C18H21FN2OS.2H2O/c19-17-7-5-16(6-8-17)12-23-13-18(22)21-10-9-14-1-3-15(11-20)4-2-14;;/h1-8H,9-13,20H2,(H,21,22);2*1H2. The van der Waals surface area contributed by atoms with E-state index in [1.54, 1.807) is 12.1 Å². The summed E-state index contributed by atoms with van der Waals surface area (Å²) in [6.45, 7) is 1.17. The van der Waals surface area contributed by atoms with Crippen molar-refractivity contribution in [2.75, 3.05) is 12.3 Å². The molecule has 2 aromatic rings. The highest BCUT2D eigenvalue weighted by Crippen LogP contribution is 2.12. The van der Waals surface area contributed by atoms with Gasteiger partial charge in [-0.25, -0.2) is 4.39 Å². The number of nitrogens with one attached hydrogen (secondary N) is 1. The van der Waals surface area contributed by atoms with E-state index in [-0.39, 0.29) is 22.7 Å². The Kier molecular flexibility index (Phi) is 11.5. The molecule has 0 atom stereocenters. The molecule has 0 aliphatic rings. The van der Waals surface area contributed by atoms with Crippen LogP contribution in [0.4, 0.5) is 4.39 Å². The zero-order valence-corrected chi connectivity index (χ0v) is 14.7. The summed E-state index contributed by atoms with van der Waals surface area (Å²) >= 11 is 1.52. The Labute approximate surface area is 151 Å². The van der Waals surface area contributed by atoms with Crippen LogP contribution in [-0.4, -0.2) is 29.2 Å². The van der Waals surface area contributed by atoms with E-state index >= 15 is 0 Å². The second-order valence-corrected chi connectivity index (χ2v) is 6.23. The minimum atomic E-state index is -0.240. The Morgan fingerprint density at radius 2 is 1.52 bits per heavy atom. The highest BCUT2D eigenvalue weighted by molar-refractivity contribution is 7.99. The van der Waals surface area contributed by atoms with E-state index in [9.17, 15) is 9.18 Å². The van der Waals surface area contributed by atoms with Gasteiger partial charge in [-0.05, 0) is 35.2 Å². The van der Waals surface area contributed by atoms with Gasteiger partial charge in [-0.2, -0.15) is 0 Å². The first-order valence-electron chi connectivity index (χ1n) is 7.54. The smallest absolute Gasteiger partial charge is 0.230 e. The quantitative estimate of drug-likeness (QED) is 0.729. The van der Waals surface area contributed by atoms with E-state index < -0.39 is 0 Å². The van der Waals surface area contributed by atoms with Crippen LogP contribution in [0.2, 0.25) is 0 Å². The molecule has 0 saturated heterocycles. The molecule has 7 N–H and O–H groups in total. The highest BCUT2D eigenvalue weighted by Gasteiger charge is 2.02. The van der Waals surface area contributed by atoms with E-state index in [0.717, 1.165) is 17.5 Å². The van der Waals surface area contributed by atoms with Gasteiger partial charge >= 0.3 is 0 Å². The van der Waals surface area contributed by atoms with E-state index in [1.165, 1.54) is 29.5 Å². The van der Waals surface area contributed by atoms with Crippen molar-refractivity contribution in [3.05, 3.63) is 71.0 Å². The molecule has 0 aliphatic carbocycles. The number of thioether (sulfide) groups is 1. The lowest BCUT2D eigenvalue weighted by atomic mass is 10.1. The van der Waals surface area contributed by atoms with Crippen molar-refractivity contribution in [2.45, 2.75) is 18.7 Å². The maximum absolute atomic E-state index is 12.8. The molecule has 0 unspecified atom stereocenters. The largest absolute Gasteiger partial charge is 0.412 e. The summed E-state index contributed by atoms with van der Waals surface area (Å²) in [5.41, 5.74) is 8.86. The molecule has 2 rings (SSSR count). The average Bonchev–Trinajstić information content (AvgIpc) is 2.57. The number of rotatable bonds is 8. The minimum absolute atomic E-state index is 0. The molecule has 1 amide bonds. The third-order valence-corrected chi connectivity index (χ3v) is 4.41. The number of hydrogen-bond acceptors (Lipinski definition) is 3. The van der Waals surface area contributed by atoms with Crippen LogP contribution in [-0.2, 0) is 23.5 Å². The van der Waals surface area contributed by atoms with E-state index in [4.69, 9.17) is 5.73 Å². The van der Waals surface area contributed by atoms with E-state index in [2.05, 4.69) is 5.32 Å². The molecule has 0 radical (unpaired) electrons. The van der Waals surface area contributed by atoms with Gasteiger partial charge in [0.1, 0.15) is 5.82 Å². The normalized spacial score (nSPS) is 9.68. The highest BCUT2D eigenvalue weighted by atomic mass is 32.2. The van der Waals surface area contributed by atoms with Crippen molar-refractivity contribution in [2.24, 2.45) is 5.73 Å². The summed E-state index contributed by atoms with van der Waals surface area (Å²) in [7, 11) is 0. The first-order valence-corrected chi connectivity index (χ1v) is 8.69. The van der Waals surface area contributed by atoms with Gasteiger partial charge in [0.25, 0.3) is 0 Å². The third-order valence-electron chi connectivity index (χ3n) is 3.41. The lowest BCUT2D eigenvalue weighted by Crippen LogP contribution is -2.27. The first-order chi connectivity index (χ1) is 11.2. The molecule has 2 aromatic carbocycles. The minimum Gasteiger partial charge on any atom is -0.412 e. The van der Waals surface area contributed by atoms with Crippen LogP contribution in [0.3, 0.4) is 0 Å². The van der Waals surface area contributed by atoms with Crippen LogP contribution in [0.15, 0.2) is 48.5 Å². The zero-order chi connectivity index (χ0) is 16.5. The fourth-order valence-corrected chi connectivity index (χ4v) is 2.90. The Morgan fingerprint density at radius 1 is 0.960 bits per heavy atom. The molecule has 0 aromatic heterocycles. The number of halogens is 1. The van der Waals surface area contributed by atoms with Crippen molar-refractivity contribution >= 4 is 17.7 Å². The zero-order valence-electron chi connectivity index (χ0n) is 13.9. The average molecular weight is 368 g/mol. The van der Waals surface area contributed by atoms with E-state index in [0.29, 0.717) is 24.6 Å². The molecule has 0 spiro atoms. The number of carbonyl (C=O) groups is 1. The van der Waals surface area contributed by atoms with Crippen LogP contribution >= 0.6 is 11.8 Å². The fourth-order valence-electron chi connectivity index (χ4n) is 2.08. The molecule has 0 fully saturated rings. The van der Waals surface area contributed by atoms with Crippen LogP contribution in [0.25, 0.3) is 0 Å². The predicted molar refractivity (Wildman–Crippen MR) is 101 cm³/mol. The van der Waals surface area contributed by atoms with Crippen molar-refractivity contribution in [3.63, 3.8) is 0 Å². The SMILES string of the molecule is NCc1ccc(CCNC(=O)CSCc2ccc(F)cc2)cc1.O.O. The Hall–Kier alpha value is -1.93. The Balaban J connectivity index is 0.00000288. The van der Waals surface area contributed by atoms with Crippen LogP contribution in [0, 0.1) is 5.82 Å². The second-order valence-electron chi connectivity index (χ2n) is 5.24. The third kappa shape index (κ3) is 8.64. The van der Waals surface area contributed by atoms with Gasteiger partial charge in [0.05, 0.1) is 5.75 Å². The van der Waals surface area contributed by atoms with Gasteiger partial charge in [-0.1, -0.05) is 36.4 Å². The number of carbonyl (C=O) groups excluding carboxylic acids is 1. The predicted octanol–water partition coefficient (Wildman–Crippen LogP) is 1.23. The number of benzene rings is 2. The summed E-state index contributed by atoms with van der Waals surface area (Å²) in [5.74, 6) is 0.893. The van der Waals surface area contributed by atoms with Crippen molar-refractivity contribution in [3.8, 4) is 0 Å². The Morgan fingerprint density at radius 3 is 2.12 bits per heavy atom. The molecule has 0 aliphatic heterocycles. The lowest BCUT2D eigenvalue weighted by Gasteiger charge is -2.06.